The lowest BCUT2D eigenvalue weighted by Gasteiger charge is -2.34. The molecule has 0 radical (unpaired) electrons. The molecular formula is C22H26N4O2. The van der Waals surface area contributed by atoms with Crippen LogP contribution in [-0.2, 0) is 4.79 Å². The van der Waals surface area contributed by atoms with Crippen LogP contribution in [0.4, 0.5) is 0 Å². The van der Waals surface area contributed by atoms with Gasteiger partial charge in [-0.1, -0.05) is 25.0 Å². The number of nitrogens with zero attached hydrogens (tertiary/aromatic N) is 3. The van der Waals surface area contributed by atoms with Crippen LogP contribution in [0.1, 0.15) is 60.5 Å². The highest BCUT2D eigenvalue weighted by molar-refractivity contribution is 5.94. The molecule has 1 saturated heterocycles. The van der Waals surface area contributed by atoms with Crippen LogP contribution in [0.25, 0.3) is 11.3 Å². The SMILES string of the molecule is NC(=O)c1cccc(-c2nccnc2[C@H]2CCCN(C(=O)C3CCCC3)C2)c1. The number of primary amides is 1. The van der Waals surface area contributed by atoms with E-state index in [1.54, 1.807) is 24.5 Å². The molecule has 146 valence electrons. The molecule has 2 amide bonds. The third-order valence-corrected chi connectivity index (χ3v) is 5.97. The van der Waals surface area contributed by atoms with Gasteiger partial charge in [-0.3, -0.25) is 19.6 Å². The number of piperidine rings is 1. The van der Waals surface area contributed by atoms with Gasteiger partial charge < -0.3 is 10.6 Å². The van der Waals surface area contributed by atoms with Crippen LogP contribution < -0.4 is 5.73 Å². The van der Waals surface area contributed by atoms with Crippen LogP contribution >= 0.6 is 0 Å². The van der Waals surface area contributed by atoms with E-state index in [9.17, 15) is 9.59 Å². The van der Waals surface area contributed by atoms with E-state index in [-0.39, 0.29) is 11.8 Å². The molecule has 4 rings (SSSR count). The van der Waals surface area contributed by atoms with Gasteiger partial charge in [0.15, 0.2) is 0 Å². The largest absolute Gasteiger partial charge is 0.366 e. The highest BCUT2D eigenvalue weighted by atomic mass is 16.2. The number of nitrogens with two attached hydrogens (primary N) is 1. The van der Waals surface area contributed by atoms with E-state index >= 15 is 0 Å². The van der Waals surface area contributed by atoms with Crippen molar-refractivity contribution < 1.29 is 9.59 Å². The predicted octanol–water partition coefficient (Wildman–Crippen LogP) is 3.14. The number of carbonyl (C=O) groups excluding carboxylic acids is 2. The fraction of sp³-hybridized carbons (Fsp3) is 0.455. The number of aromatic nitrogens is 2. The van der Waals surface area contributed by atoms with Crippen LogP contribution in [0.3, 0.4) is 0 Å². The molecule has 1 aromatic carbocycles. The number of carbonyl (C=O) groups is 2. The number of hydrogen-bond acceptors (Lipinski definition) is 4. The van der Waals surface area contributed by atoms with Crippen molar-refractivity contribution >= 4 is 11.8 Å². The minimum Gasteiger partial charge on any atom is -0.366 e. The van der Waals surface area contributed by atoms with Gasteiger partial charge in [0, 0.05) is 48.4 Å². The summed E-state index contributed by atoms with van der Waals surface area (Å²) < 4.78 is 0. The fourth-order valence-corrected chi connectivity index (χ4v) is 4.52. The van der Waals surface area contributed by atoms with Gasteiger partial charge in [0.25, 0.3) is 0 Å². The second kappa shape index (κ2) is 8.09. The number of rotatable bonds is 4. The molecule has 2 fully saturated rings. The normalized spacial score (nSPS) is 20.3. The van der Waals surface area contributed by atoms with Gasteiger partial charge in [0.05, 0.1) is 11.4 Å². The van der Waals surface area contributed by atoms with Crippen LogP contribution in [0.15, 0.2) is 36.7 Å². The highest BCUT2D eigenvalue weighted by Gasteiger charge is 2.32. The van der Waals surface area contributed by atoms with Crippen molar-refractivity contribution in [3.8, 4) is 11.3 Å². The van der Waals surface area contributed by atoms with Crippen molar-refractivity contribution in [1.82, 2.24) is 14.9 Å². The van der Waals surface area contributed by atoms with Crippen molar-refractivity contribution in [2.45, 2.75) is 44.4 Å². The topological polar surface area (TPSA) is 89.2 Å². The zero-order valence-electron chi connectivity index (χ0n) is 16.0. The maximum atomic E-state index is 12.9. The van der Waals surface area contributed by atoms with Crippen molar-refractivity contribution in [3.05, 3.63) is 47.9 Å². The molecule has 0 unspecified atom stereocenters. The molecular weight excluding hydrogens is 352 g/mol. The zero-order valence-corrected chi connectivity index (χ0v) is 16.0. The summed E-state index contributed by atoms with van der Waals surface area (Å²) in [7, 11) is 0. The fourth-order valence-electron chi connectivity index (χ4n) is 4.52. The molecule has 1 aliphatic carbocycles. The summed E-state index contributed by atoms with van der Waals surface area (Å²) in [6.45, 7) is 1.52. The molecule has 2 heterocycles. The quantitative estimate of drug-likeness (QED) is 0.885. The molecule has 1 atom stereocenters. The summed E-state index contributed by atoms with van der Waals surface area (Å²) in [5.74, 6) is 0.203. The van der Waals surface area contributed by atoms with E-state index in [4.69, 9.17) is 5.73 Å². The van der Waals surface area contributed by atoms with E-state index < -0.39 is 5.91 Å². The Balaban J connectivity index is 1.60. The first kappa shape index (κ1) is 18.6. The van der Waals surface area contributed by atoms with Gasteiger partial charge in [0.2, 0.25) is 11.8 Å². The molecule has 1 aliphatic heterocycles. The maximum absolute atomic E-state index is 12.9. The first-order chi connectivity index (χ1) is 13.6. The third kappa shape index (κ3) is 3.77. The van der Waals surface area contributed by atoms with Crippen LogP contribution in [0.5, 0.6) is 0 Å². The molecule has 6 nitrogen and oxygen atoms in total. The lowest BCUT2D eigenvalue weighted by molar-refractivity contribution is -0.136. The second-order valence-electron chi connectivity index (χ2n) is 7.84. The molecule has 2 N–H and O–H groups in total. The summed E-state index contributed by atoms with van der Waals surface area (Å²) >= 11 is 0. The molecule has 2 aromatic rings. The Morgan fingerprint density at radius 1 is 1.04 bits per heavy atom. The third-order valence-electron chi connectivity index (χ3n) is 5.97. The molecule has 6 heteroatoms. The minimum absolute atomic E-state index is 0.153. The lowest BCUT2D eigenvalue weighted by Crippen LogP contribution is -2.42. The smallest absolute Gasteiger partial charge is 0.248 e. The molecule has 2 aliphatic rings. The van der Waals surface area contributed by atoms with E-state index in [1.165, 1.54) is 0 Å². The Morgan fingerprint density at radius 2 is 1.82 bits per heavy atom. The molecule has 0 spiro atoms. The van der Waals surface area contributed by atoms with Gasteiger partial charge in [-0.2, -0.15) is 0 Å². The van der Waals surface area contributed by atoms with Crippen LogP contribution in [-0.4, -0.2) is 39.8 Å². The van der Waals surface area contributed by atoms with Crippen molar-refractivity contribution in [2.75, 3.05) is 13.1 Å². The van der Waals surface area contributed by atoms with Gasteiger partial charge in [-0.05, 0) is 37.8 Å². The molecule has 28 heavy (non-hydrogen) atoms. The van der Waals surface area contributed by atoms with E-state index in [0.29, 0.717) is 18.0 Å². The summed E-state index contributed by atoms with van der Waals surface area (Å²) in [5, 5.41) is 0. The van der Waals surface area contributed by atoms with Crippen molar-refractivity contribution in [2.24, 2.45) is 11.7 Å². The first-order valence-electron chi connectivity index (χ1n) is 10.1. The maximum Gasteiger partial charge on any atom is 0.248 e. The zero-order chi connectivity index (χ0) is 19.5. The van der Waals surface area contributed by atoms with Gasteiger partial charge >= 0.3 is 0 Å². The lowest BCUT2D eigenvalue weighted by atomic mass is 9.90. The Hall–Kier alpha value is -2.76. The summed E-state index contributed by atoms with van der Waals surface area (Å²) in [6, 6.07) is 7.19. The monoisotopic (exact) mass is 378 g/mol. The Bertz CT molecular complexity index is 876. The Morgan fingerprint density at radius 3 is 2.61 bits per heavy atom. The van der Waals surface area contributed by atoms with E-state index in [0.717, 1.165) is 62.0 Å². The predicted molar refractivity (Wildman–Crippen MR) is 106 cm³/mol. The first-order valence-corrected chi connectivity index (χ1v) is 10.1. The van der Waals surface area contributed by atoms with Crippen LogP contribution in [0, 0.1) is 5.92 Å². The van der Waals surface area contributed by atoms with Gasteiger partial charge in [0.1, 0.15) is 0 Å². The standard InChI is InChI=1S/C22H26N4O2/c23-21(27)17-8-3-7-16(13-17)19-20(25-11-10-24-19)18-9-4-12-26(14-18)22(28)15-5-1-2-6-15/h3,7-8,10-11,13,15,18H,1-2,4-6,9,12,14H2,(H2,23,27)/t18-/m0/s1. The van der Waals surface area contributed by atoms with E-state index in [2.05, 4.69) is 9.97 Å². The summed E-state index contributed by atoms with van der Waals surface area (Å²) in [4.78, 5) is 35.7. The Labute approximate surface area is 165 Å². The van der Waals surface area contributed by atoms with Gasteiger partial charge in [-0.15, -0.1) is 0 Å². The molecule has 0 bridgehead atoms. The van der Waals surface area contributed by atoms with Crippen LogP contribution in [0.2, 0.25) is 0 Å². The molecule has 1 aromatic heterocycles. The van der Waals surface area contributed by atoms with E-state index in [1.807, 2.05) is 17.0 Å². The van der Waals surface area contributed by atoms with Gasteiger partial charge in [-0.25, -0.2) is 0 Å². The summed E-state index contributed by atoms with van der Waals surface area (Å²) in [6.07, 6.45) is 9.70. The van der Waals surface area contributed by atoms with Crippen molar-refractivity contribution in [1.29, 1.82) is 0 Å². The number of amides is 2. The number of benzene rings is 1. The average Bonchev–Trinajstić information content (AvgIpc) is 3.28. The van der Waals surface area contributed by atoms with Crippen molar-refractivity contribution in [3.63, 3.8) is 0 Å². The minimum atomic E-state index is -0.460. The second-order valence-corrected chi connectivity index (χ2v) is 7.84. The highest BCUT2D eigenvalue weighted by Crippen LogP contribution is 2.34. The number of likely N-dealkylation sites (tertiary alicyclic amines) is 1. The molecule has 1 saturated carbocycles. The summed E-state index contributed by atoms with van der Waals surface area (Å²) in [5.41, 5.74) is 8.39. The Kier molecular flexibility index (Phi) is 5.37. The average molecular weight is 378 g/mol. The number of hydrogen-bond donors (Lipinski definition) is 1.